The van der Waals surface area contributed by atoms with Gasteiger partial charge in [0, 0.05) is 20.1 Å². The molecule has 1 aliphatic rings. The molecule has 0 aliphatic carbocycles. The van der Waals surface area contributed by atoms with Crippen molar-refractivity contribution in [1.82, 2.24) is 9.21 Å². The van der Waals surface area contributed by atoms with Crippen LogP contribution in [0.2, 0.25) is 0 Å². The Hall–Kier alpha value is -2.38. The van der Waals surface area contributed by atoms with Crippen LogP contribution in [0.25, 0.3) is 0 Å². The molecule has 1 unspecified atom stereocenters. The first-order valence-corrected chi connectivity index (χ1v) is 11.3. The third-order valence-corrected chi connectivity index (χ3v) is 7.07. The van der Waals surface area contributed by atoms with Crippen LogP contribution in [0.5, 0.6) is 5.75 Å². The first kappa shape index (κ1) is 21.3. The molecular weight excluding hydrogens is 388 g/mol. The number of amides is 1. The Morgan fingerprint density at radius 1 is 1.14 bits per heavy atom. The molecule has 0 bridgehead atoms. The summed E-state index contributed by atoms with van der Waals surface area (Å²) in [6, 6.07) is 13.7. The molecule has 7 heteroatoms. The largest absolute Gasteiger partial charge is 0.494 e. The van der Waals surface area contributed by atoms with Crippen molar-refractivity contribution in [3.63, 3.8) is 0 Å². The van der Waals surface area contributed by atoms with Gasteiger partial charge in [-0.3, -0.25) is 4.79 Å². The molecule has 1 amide bonds. The molecule has 2 aromatic carbocycles. The number of aryl methyl sites for hydroxylation is 1. The van der Waals surface area contributed by atoms with Crippen LogP contribution in [-0.2, 0) is 21.4 Å². The third-order valence-electron chi connectivity index (χ3n) is 5.15. The number of hydrogen-bond donors (Lipinski definition) is 0. The zero-order valence-corrected chi connectivity index (χ0v) is 18.0. The van der Waals surface area contributed by atoms with Gasteiger partial charge in [0.1, 0.15) is 11.8 Å². The quantitative estimate of drug-likeness (QED) is 0.695. The maximum atomic E-state index is 13.1. The molecule has 3 rings (SSSR count). The lowest BCUT2D eigenvalue weighted by atomic mass is 10.1. The second kappa shape index (κ2) is 8.97. The van der Waals surface area contributed by atoms with E-state index in [1.165, 1.54) is 4.31 Å². The highest BCUT2D eigenvalue weighted by atomic mass is 32.2. The van der Waals surface area contributed by atoms with E-state index >= 15 is 0 Å². The van der Waals surface area contributed by atoms with E-state index in [9.17, 15) is 13.2 Å². The molecule has 156 valence electrons. The van der Waals surface area contributed by atoms with E-state index in [1.54, 1.807) is 36.2 Å². The van der Waals surface area contributed by atoms with Gasteiger partial charge in [-0.2, -0.15) is 4.31 Å². The molecule has 6 nitrogen and oxygen atoms in total. The molecule has 1 aliphatic heterocycles. The maximum absolute atomic E-state index is 13.1. The Kier molecular flexibility index (Phi) is 6.59. The second-order valence-electron chi connectivity index (χ2n) is 7.36. The van der Waals surface area contributed by atoms with Gasteiger partial charge in [-0.1, -0.05) is 29.8 Å². The number of benzene rings is 2. The van der Waals surface area contributed by atoms with Crippen molar-refractivity contribution in [1.29, 1.82) is 0 Å². The van der Waals surface area contributed by atoms with Gasteiger partial charge in [0.15, 0.2) is 0 Å². The van der Waals surface area contributed by atoms with Crippen LogP contribution in [0.4, 0.5) is 0 Å². The van der Waals surface area contributed by atoms with Crippen molar-refractivity contribution in [2.75, 3.05) is 20.2 Å². The van der Waals surface area contributed by atoms with E-state index in [2.05, 4.69) is 0 Å². The van der Waals surface area contributed by atoms with Crippen molar-refractivity contribution in [2.45, 2.75) is 44.2 Å². The van der Waals surface area contributed by atoms with Crippen LogP contribution in [-0.4, -0.2) is 49.8 Å². The summed E-state index contributed by atoms with van der Waals surface area (Å²) in [6.07, 6.45) is 1.22. The Labute approximate surface area is 173 Å². The van der Waals surface area contributed by atoms with Crippen LogP contribution >= 0.6 is 0 Å². The minimum atomic E-state index is -3.70. The number of ether oxygens (including phenoxy) is 1. The standard InChI is InChI=1S/C22H28N2O4S/c1-4-28-19-11-9-18(10-12-19)16-23(3)22(25)21-6-5-15-24(21)29(26,27)20-13-7-17(2)8-14-20/h7-14,21H,4-6,15-16H2,1-3H3. The fourth-order valence-electron chi connectivity index (χ4n) is 3.58. The normalized spacial score (nSPS) is 17.3. The first-order chi connectivity index (χ1) is 13.8. The first-order valence-electron chi connectivity index (χ1n) is 9.88. The highest BCUT2D eigenvalue weighted by Crippen LogP contribution is 2.27. The number of likely N-dealkylation sites (N-methyl/N-ethyl adjacent to an activating group) is 1. The fraction of sp³-hybridized carbons (Fsp3) is 0.409. The van der Waals surface area contributed by atoms with Crippen molar-refractivity contribution in [2.24, 2.45) is 0 Å². The number of carbonyl (C=O) groups is 1. The van der Waals surface area contributed by atoms with Gasteiger partial charge in [0.2, 0.25) is 15.9 Å². The minimum Gasteiger partial charge on any atom is -0.494 e. The number of hydrogen-bond acceptors (Lipinski definition) is 4. The molecule has 1 saturated heterocycles. The average Bonchev–Trinajstić information content (AvgIpc) is 3.20. The van der Waals surface area contributed by atoms with Crippen LogP contribution in [0.15, 0.2) is 53.4 Å². The Bertz CT molecular complexity index is 940. The van der Waals surface area contributed by atoms with Gasteiger partial charge >= 0.3 is 0 Å². The molecule has 0 N–H and O–H groups in total. The van der Waals surface area contributed by atoms with E-state index in [4.69, 9.17) is 4.74 Å². The monoisotopic (exact) mass is 416 g/mol. The highest BCUT2D eigenvalue weighted by molar-refractivity contribution is 7.89. The molecule has 29 heavy (non-hydrogen) atoms. The fourth-order valence-corrected chi connectivity index (χ4v) is 5.24. The summed E-state index contributed by atoms with van der Waals surface area (Å²) in [4.78, 5) is 14.9. The molecule has 1 atom stereocenters. The lowest BCUT2D eigenvalue weighted by Gasteiger charge is -2.27. The van der Waals surface area contributed by atoms with Gasteiger partial charge < -0.3 is 9.64 Å². The second-order valence-corrected chi connectivity index (χ2v) is 9.25. The van der Waals surface area contributed by atoms with Crippen LogP contribution in [0.1, 0.15) is 30.9 Å². The van der Waals surface area contributed by atoms with E-state index < -0.39 is 16.1 Å². The zero-order chi connectivity index (χ0) is 21.0. The van der Waals surface area contributed by atoms with E-state index in [1.807, 2.05) is 38.1 Å². The predicted molar refractivity (Wildman–Crippen MR) is 112 cm³/mol. The van der Waals surface area contributed by atoms with Crippen molar-refractivity contribution in [3.8, 4) is 5.75 Å². The molecule has 0 spiro atoms. The molecule has 0 radical (unpaired) electrons. The van der Waals surface area contributed by atoms with Gasteiger partial charge in [-0.15, -0.1) is 0 Å². The summed E-state index contributed by atoms with van der Waals surface area (Å²) in [5.41, 5.74) is 1.96. The van der Waals surface area contributed by atoms with Crippen LogP contribution in [0, 0.1) is 6.92 Å². The number of carbonyl (C=O) groups excluding carboxylic acids is 1. The SMILES string of the molecule is CCOc1ccc(CN(C)C(=O)C2CCCN2S(=O)(=O)c2ccc(C)cc2)cc1. The summed E-state index contributed by atoms with van der Waals surface area (Å²) < 4.78 is 33.0. The van der Waals surface area contributed by atoms with Crippen LogP contribution < -0.4 is 4.74 Å². The lowest BCUT2D eigenvalue weighted by Crippen LogP contribution is -2.46. The summed E-state index contributed by atoms with van der Waals surface area (Å²) in [5.74, 6) is 0.614. The topological polar surface area (TPSA) is 66.9 Å². The Morgan fingerprint density at radius 2 is 1.79 bits per heavy atom. The highest BCUT2D eigenvalue weighted by Gasteiger charge is 2.40. The predicted octanol–water partition coefficient (Wildman–Crippen LogP) is 3.21. The number of rotatable bonds is 7. The summed E-state index contributed by atoms with van der Waals surface area (Å²) >= 11 is 0. The molecule has 2 aromatic rings. The summed E-state index contributed by atoms with van der Waals surface area (Å²) in [5, 5.41) is 0. The van der Waals surface area contributed by atoms with Gasteiger partial charge in [-0.25, -0.2) is 8.42 Å². The van der Waals surface area contributed by atoms with E-state index in [0.29, 0.717) is 32.5 Å². The van der Waals surface area contributed by atoms with Crippen molar-refractivity contribution >= 4 is 15.9 Å². The van der Waals surface area contributed by atoms with Crippen LogP contribution in [0.3, 0.4) is 0 Å². The molecular formula is C22H28N2O4S. The van der Waals surface area contributed by atoms with Gasteiger partial charge in [0.05, 0.1) is 11.5 Å². The average molecular weight is 417 g/mol. The smallest absolute Gasteiger partial charge is 0.243 e. The maximum Gasteiger partial charge on any atom is 0.243 e. The molecule has 1 heterocycles. The van der Waals surface area contributed by atoms with E-state index in [-0.39, 0.29) is 10.8 Å². The summed E-state index contributed by atoms with van der Waals surface area (Å²) in [7, 11) is -1.98. The number of sulfonamides is 1. The molecule has 0 aromatic heterocycles. The Balaban J connectivity index is 1.72. The van der Waals surface area contributed by atoms with Gasteiger partial charge in [0.25, 0.3) is 0 Å². The van der Waals surface area contributed by atoms with Crippen molar-refractivity contribution < 1.29 is 17.9 Å². The third kappa shape index (κ3) is 4.79. The number of nitrogens with zero attached hydrogens (tertiary/aromatic N) is 2. The Morgan fingerprint density at radius 3 is 2.41 bits per heavy atom. The molecule has 0 saturated carbocycles. The zero-order valence-electron chi connectivity index (χ0n) is 17.2. The van der Waals surface area contributed by atoms with Gasteiger partial charge in [-0.05, 0) is 56.5 Å². The molecule has 1 fully saturated rings. The van der Waals surface area contributed by atoms with Crippen molar-refractivity contribution in [3.05, 3.63) is 59.7 Å². The van der Waals surface area contributed by atoms with E-state index in [0.717, 1.165) is 16.9 Å². The minimum absolute atomic E-state index is 0.174. The lowest BCUT2D eigenvalue weighted by molar-refractivity contribution is -0.133. The summed E-state index contributed by atoms with van der Waals surface area (Å²) in [6.45, 7) is 5.22.